The molecule has 0 saturated carbocycles. The third kappa shape index (κ3) is 6.86. The van der Waals surface area contributed by atoms with Gasteiger partial charge in [0.05, 0.1) is 12.3 Å². The van der Waals surface area contributed by atoms with Gasteiger partial charge in [0, 0.05) is 19.2 Å². The molecule has 106 valence electrons. The molecule has 0 saturated heterocycles. The van der Waals surface area contributed by atoms with Gasteiger partial charge in [0.15, 0.2) is 0 Å². The average molecular weight is 268 g/mol. The summed E-state index contributed by atoms with van der Waals surface area (Å²) < 4.78 is 12.9. The lowest BCUT2D eigenvalue weighted by atomic mass is 10.0. The maximum absolute atomic E-state index is 12.9. The van der Waals surface area contributed by atoms with Crippen molar-refractivity contribution in [1.29, 1.82) is 0 Å². The zero-order valence-corrected chi connectivity index (χ0v) is 11.4. The summed E-state index contributed by atoms with van der Waals surface area (Å²) in [7, 11) is 0. The van der Waals surface area contributed by atoms with Crippen molar-refractivity contribution in [3.63, 3.8) is 0 Å². The van der Waals surface area contributed by atoms with E-state index < -0.39 is 0 Å². The van der Waals surface area contributed by atoms with Crippen LogP contribution >= 0.6 is 0 Å². The number of carbonyl (C=O) groups excluding carboxylic acids is 1. The normalized spacial score (nSPS) is 13.9. The van der Waals surface area contributed by atoms with E-state index in [0.717, 1.165) is 6.20 Å². The summed E-state index contributed by atoms with van der Waals surface area (Å²) in [6.07, 6.45) is 3.79. The molecule has 4 nitrogen and oxygen atoms in total. The summed E-state index contributed by atoms with van der Waals surface area (Å²) in [5.74, 6) is -0.218. The van der Waals surface area contributed by atoms with Crippen molar-refractivity contribution in [2.24, 2.45) is 5.92 Å². The Balaban J connectivity index is 2.25. The summed E-state index contributed by atoms with van der Waals surface area (Å²) in [5, 5.41) is 12.0. The number of aryl methyl sites for hydroxylation is 1. The number of nitrogens with one attached hydrogen (secondary N) is 1. The van der Waals surface area contributed by atoms with Gasteiger partial charge in [-0.1, -0.05) is 6.92 Å². The molecule has 2 N–H and O–H groups in total. The molecule has 0 aliphatic rings. The van der Waals surface area contributed by atoms with E-state index in [0.29, 0.717) is 31.4 Å². The summed E-state index contributed by atoms with van der Waals surface area (Å²) >= 11 is 0. The average Bonchev–Trinajstić information content (AvgIpc) is 2.33. The third-order valence-electron chi connectivity index (χ3n) is 2.79. The Labute approximate surface area is 113 Å². The highest BCUT2D eigenvalue weighted by Crippen LogP contribution is 2.06. The lowest BCUT2D eigenvalue weighted by Crippen LogP contribution is -2.29. The Hall–Kier alpha value is -1.49. The van der Waals surface area contributed by atoms with E-state index in [4.69, 9.17) is 0 Å². The molecule has 5 heteroatoms. The van der Waals surface area contributed by atoms with E-state index in [2.05, 4.69) is 10.3 Å². The van der Waals surface area contributed by atoms with E-state index in [-0.39, 0.29) is 23.7 Å². The number of pyridine rings is 1. The molecule has 1 heterocycles. The van der Waals surface area contributed by atoms with Gasteiger partial charge in [-0.3, -0.25) is 9.78 Å². The van der Waals surface area contributed by atoms with Gasteiger partial charge >= 0.3 is 0 Å². The van der Waals surface area contributed by atoms with Crippen LogP contribution in [-0.4, -0.2) is 28.6 Å². The van der Waals surface area contributed by atoms with E-state index in [1.54, 1.807) is 13.1 Å². The first-order chi connectivity index (χ1) is 8.97. The maximum atomic E-state index is 12.9. The van der Waals surface area contributed by atoms with Crippen molar-refractivity contribution in [3.05, 3.63) is 29.8 Å². The van der Waals surface area contributed by atoms with Crippen LogP contribution < -0.4 is 5.32 Å². The Kier molecular flexibility index (Phi) is 6.42. The van der Waals surface area contributed by atoms with Crippen molar-refractivity contribution in [2.45, 2.75) is 39.2 Å². The number of amides is 1. The first-order valence-electron chi connectivity index (χ1n) is 6.51. The van der Waals surface area contributed by atoms with Gasteiger partial charge in [0.1, 0.15) is 5.82 Å². The van der Waals surface area contributed by atoms with E-state index in [1.807, 2.05) is 6.92 Å². The van der Waals surface area contributed by atoms with Crippen LogP contribution in [0.1, 0.15) is 32.3 Å². The second-order valence-corrected chi connectivity index (χ2v) is 5.01. The number of halogens is 1. The quantitative estimate of drug-likeness (QED) is 0.791. The Morgan fingerprint density at radius 1 is 1.47 bits per heavy atom. The van der Waals surface area contributed by atoms with Crippen molar-refractivity contribution < 1.29 is 14.3 Å². The zero-order chi connectivity index (χ0) is 14.3. The summed E-state index contributed by atoms with van der Waals surface area (Å²) in [6, 6.07) is 1.39. The first-order valence-corrected chi connectivity index (χ1v) is 6.51. The Morgan fingerprint density at radius 3 is 2.84 bits per heavy atom. The molecule has 2 unspecified atom stereocenters. The molecule has 1 aromatic heterocycles. The van der Waals surface area contributed by atoms with E-state index in [1.165, 1.54) is 6.07 Å². The molecule has 0 aliphatic heterocycles. The second kappa shape index (κ2) is 7.84. The van der Waals surface area contributed by atoms with Crippen LogP contribution in [0.5, 0.6) is 0 Å². The molecule has 1 amide bonds. The predicted molar refractivity (Wildman–Crippen MR) is 71.0 cm³/mol. The van der Waals surface area contributed by atoms with Crippen molar-refractivity contribution in [1.82, 2.24) is 10.3 Å². The van der Waals surface area contributed by atoms with Gasteiger partial charge in [0.2, 0.25) is 5.91 Å². The molecule has 0 fully saturated rings. The molecule has 0 aliphatic carbocycles. The smallest absolute Gasteiger partial charge is 0.220 e. The predicted octanol–water partition coefficient (Wildman–Crippen LogP) is 1.68. The van der Waals surface area contributed by atoms with Crippen molar-refractivity contribution in [3.8, 4) is 0 Å². The molecule has 0 radical (unpaired) electrons. The van der Waals surface area contributed by atoms with Gasteiger partial charge in [-0.05, 0) is 37.3 Å². The number of aromatic nitrogens is 1. The molecule has 1 rings (SSSR count). The lowest BCUT2D eigenvalue weighted by molar-refractivity contribution is -0.121. The number of nitrogens with zero attached hydrogens (tertiary/aromatic N) is 1. The summed E-state index contributed by atoms with van der Waals surface area (Å²) in [4.78, 5) is 15.3. The molecule has 1 aromatic rings. The van der Waals surface area contributed by atoms with Crippen LogP contribution in [-0.2, 0) is 11.2 Å². The zero-order valence-electron chi connectivity index (χ0n) is 11.4. The highest BCUT2D eigenvalue weighted by Gasteiger charge is 2.08. The van der Waals surface area contributed by atoms with Crippen molar-refractivity contribution >= 4 is 5.91 Å². The number of aliphatic hydroxyl groups excluding tert-OH is 1. The minimum atomic E-state index is -0.386. The first kappa shape index (κ1) is 15.6. The van der Waals surface area contributed by atoms with Gasteiger partial charge in [-0.25, -0.2) is 4.39 Å². The summed E-state index contributed by atoms with van der Waals surface area (Å²) in [5.41, 5.74) is 0.715. The monoisotopic (exact) mass is 268 g/mol. The number of carbonyl (C=O) groups is 1. The highest BCUT2D eigenvalue weighted by molar-refractivity contribution is 5.76. The topological polar surface area (TPSA) is 62.2 Å². The van der Waals surface area contributed by atoms with Crippen LogP contribution in [0.15, 0.2) is 18.5 Å². The third-order valence-corrected chi connectivity index (χ3v) is 2.79. The fraction of sp³-hybridized carbons (Fsp3) is 0.571. The minimum absolute atomic E-state index is 0.0679. The van der Waals surface area contributed by atoms with Gasteiger partial charge in [-0.2, -0.15) is 0 Å². The molecule has 2 atom stereocenters. The molecule has 0 spiro atoms. The minimum Gasteiger partial charge on any atom is -0.393 e. The number of rotatable bonds is 7. The van der Waals surface area contributed by atoms with Gasteiger partial charge < -0.3 is 10.4 Å². The highest BCUT2D eigenvalue weighted by atomic mass is 19.1. The molecule has 0 bridgehead atoms. The van der Waals surface area contributed by atoms with Crippen LogP contribution in [0.2, 0.25) is 0 Å². The maximum Gasteiger partial charge on any atom is 0.220 e. The van der Waals surface area contributed by atoms with E-state index in [9.17, 15) is 14.3 Å². The molecular weight excluding hydrogens is 247 g/mol. The molecular formula is C14H21FN2O2. The van der Waals surface area contributed by atoms with Crippen LogP contribution in [0.3, 0.4) is 0 Å². The van der Waals surface area contributed by atoms with Crippen LogP contribution in [0.4, 0.5) is 4.39 Å². The largest absolute Gasteiger partial charge is 0.393 e. The van der Waals surface area contributed by atoms with Gasteiger partial charge in [0.25, 0.3) is 0 Å². The SMILES string of the molecule is CC(O)CC(C)CNC(=O)CCc1cncc(F)c1. The van der Waals surface area contributed by atoms with Crippen molar-refractivity contribution in [2.75, 3.05) is 6.54 Å². The van der Waals surface area contributed by atoms with Crippen LogP contribution in [0, 0.1) is 11.7 Å². The summed E-state index contributed by atoms with van der Waals surface area (Å²) in [6.45, 7) is 4.25. The van der Waals surface area contributed by atoms with E-state index >= 15 is 0 Å². The number of hydrogen-bond donors (Lipinski definition) is 2. The Morgan fingerprint density at radius 2 is 2.21 bits per heavy atom. The molecule has 19 heavy (non-hydrogen) atoms. The fourth-order valence-corrected chi connectivity index (χ4v) is 1.89. The second-order valence-electron chi connectivity index (χ2n) is 5.01. The standard InChI is InChI=1S/C14H21FN2O2/c1-10(5-11(2)18)7-17-14(19)4-3-12-6-13(15)9-16-8-12/h6,8-11,18H,3-5,7H2,1-2H3,(H,17,19). The Bertz CT molecular complexity index is 410. The van der Waals surface area contributed by atoms with Crippen LogP contribution in [0.25, 0.3) is 0 Å². The fourth-order valence-electron chi connectivity index (χ4n) is 1.89. The molecule has 0 aromatic carbocycles. The lowest BCUT2D eigenvalue weighted by Gasteiger charge is -2.14. The number of hydrogen-bond acceptors (Lipinski definition) is 3. The van der Waals surface area contributed by atoms with Gasteiger partial charge in [-0.15, -0.1) is 0 Å². The number of aliphatic hydroxyl groups is 1.